The average molecular weight is 405 g/mol. The Bertz CT molecular complexity index is 1130. The molecule has 4 rings (SSSR count). The summed E-state index contributed by atoms with van der Waals surface area (Å²) in [7, 11) is 1.35. The molecular weight excluding hydrogens is 391 g/mol. The van der Waals surface area contributed by atoms with Gasteiger partial charge in [-0.3, -0.25) is 9.50 Å². The minimum Gasteiger partial charge on any atom is -0.497 e. The van der Waals surface area contributed by atoms with Crippen molar-refractivity contribution in [3.8, 4) is 22.8 Å². The highest BCUT2D eigenvalue weighted by molar-refractivity contribution is 5.81. The summed E-state index contributed by atoms with van der Waals surface area (Å²) >= 11 is 0. The molecule has 0 saturated heterocycles. The predicted molar refractivity (Wildman–Crippen MR) is 95.4 cm³/mol. The fourth-order valence-electron chi connectivity index (χ4n) is 2.74. The molecule has 4 aromatic rings. The Kier molecular flexibility index (Phi) is 4.66. The Morgan fingerprint density at radius 3 is 2.79 bits per heavy atom. The lowest BCUT2D eigenvalue weighted by atomic mass is 10.1. The Morgan fingerprint density at radius 1 is 1.21 bits per heavy atom. The van der Waals surface area contributed by atoms with Crippen LogP contribution in [0.2, 0.25) is 0 Å². The molecule has 0 aliphatic heterocycles. The number of nitrogens with one attached hydrogen (secondary N) is 2. The number of anilines is 1. The van der Waals surface area contributed by atoms with Gasteiger partial charge >= 0.3 is 6.36 Å². The number of imidazole rings is 1. The molecule has 0 unspecified atom stereocenters. The Morgan fingerprint density at radius 2 is 2.07 bits per heavy atom. The molecule has 0 aliphatic rings. The van der Waals surface area contributed by atoms with E-state index in [1.54, 1.807) is 16.7 Å². The van der Waals surface area contributed by atoms with Gasteiger partial charge in [0, 0.05) is 17.8 Å². The van der Waals surface area contributed by atoms with Crippen molar-refractivity contribution in [3.05, 3.63) is 48.7 Å². The van der Waals surface area contributed by atoms with E-state index in [4.69, 9.17) is 4.74 Å². The van der Waals surface area contributed by atoms with E-state index in [0.29, 0.717) is 18.0 Å². The first kappa shape index (κ1) is 18.5. The van der Waals surface area contributed by atoms with Gasteiger partial charge in [0.15, 0.2) is 0 Å². The molecule has 3 aromatic heterocycles. The van der Waals surface area contributed by atoms with Crippen LogP contribution in [0.5, 0.6) is 11.5 Å². The topological polar surface area (TPSA) is 102 Å². The van der Waals surface area contributed by atoms with Crippen molar-refractivity contribution in [1.82, 2.24) is 29.8 Å². The van der Waals surface area contributed by atoms with Gasteiger partial charge < -0.3 is 14.8 Å². The molecule has 29 heavy (non-hydrogen) atoms. The van der Waals surface area contributed by atoms with E-state index in [-0.39, 0.29) is 17.0 Å². The van der Waals surface area contributed by atoms with Crippen LogP contribution in [0.25, 0.3) is 16.8 Å². The van der Waals surface area contributed by atoms with Gasteiger partial charge in [-0.1, -0.05) is 0 Å². The molecule has 12 heteroatoms. The third-order valence-corrected chi connectivity index (χ3v) is 4.02. The first-order valence-corrected chi connectivity index (χ1v) is 8.29. The Balaban J connectivity index is 1.75. The average Bonchev–Trinajstić information content (AvgIpc) is 3.37. The quantitative estimate of drug-likeness (QED) is 0.508. The van der Waals surface area contributed by atoms with Gasteiger partial charge in [0.2, 0.25) is 5.95 Å². The first-order valence-electron chi connectivity index (χ1n) is 8.29. The third-order valence-electron chi connectivity index (χ3n) is 4.02. The number of fused-ring (bicyclic) bond motifs is 1. The summed E-state index contributed by atoms with van der Waals surface area (Å²) in [6.07, 6.45) is -0.301. The second-order valence-electron chi connectivity index (χ2n) is 5.87. The number of benzene rings is 1. The van der Waals surface area contributed by atoms with Crippen LogP contribution in [-0.4, -0.2) is 43.3 Å². The number of hydrogen-bond acceptors (Lipinski definition) is 7. The summed E-state index contributed by atoms with van der Waals surface area (Å²) in [5.41, 5.74) is 1.54. The molecule has 9 nitrogen and oxygen atoms in total. The van der Waals surface area contributed by atoms with Crippen LogP contribution in [0.1, 0.15) is 5.69 Å². The summed E-state index contributed by atoms with van der Waals surface area (Å²) in [5.74, 6) is 0.124. The minimum absolute atomic E-state index is 0.0984. The molecule has 3 heterocycles. The number of hydrogen-bond donors (Lipinski definition) is 2. The molecule has 0 radical (unpaired) electrons. The highest BCUT2D eigenvalue weighted by Gasteiger charge is 2.33. The van der Waals surface area contributed by atoms with Crippen LogP contribution in [0.15, 0.2) is 43.0 Å². The number of halogens is 3. The fourth-order valence-corrected chi connectivity index (χ4v) is 2.74. The van der Waals surface area contributed by atoms with Gasteiger partial charge in [-0.05, 0) is 18.2 Å². The molecule has 150 valence electrons. The van der Waals surface area contributed by atoms with Crippen LogP contribution in [-0.2, 0) is 6.54 Å². The molecule has 0 amide bonds. The zero-order chi connectivity index (χ0) is 20.4. The molecule has 0 bridgehead atoms. The standard InChI is InChI=1S/C17H14F3N7O2/c1-28-11-2-3-12(14(6-11)29-17(18,19)20)15-13-8-21-9-27(13)16(26-25-15)22-7-10-4-5-23-24-10/h2-6,8-9H,7H2,1H3,(H,22,26)(H,23,24). The maximum Gasteiger partial charge on any atom is 0.573 e. The van der Waals surface area contributed by atoms with E-state index in [1.807, 2.05) is 0 Å². The maximum absolute atomic E-state index is 12.9. The monoisotopic (exact) mass is 405 g/mol. The minimum atomic E-state index is -4.88. The molecule has 0 aliphatic carbocycles. The number of rotatable bonds is 6. The van der Waals surface area contributed by atoms with Crippen molar-refractivity contribution in [2.75, 3.05) is 12.4 Å². The number of aromatic amines is 1. The summed E-state index contributed by atoms with van der Waals surface area (Å²) < 4.78 is 49.4. The van der Waals surface area contributed by atoms with Gasteiger partial charge in [-0.15, -0.1) is 23.4 Å². The second-order valence-corrected chi connectivity index (χ2v) is 5.87. The van der Waals surface area contributed by atoms with E-state index in [2.05, 4.69) is 35.4 Å². The summed E-state index contributed by atoms with van der Waals surface area (Å²) in [4.78, 5) is 4.07. The highest BCUT2D eigenvalue weighted by atomic mass is 19.4. The number of ether oxygens (including phenoxy) is 2. The van der Waals surface area contributed by atoms with Gasteiger partial charge in [-0.25, -0.2) is 4.98 Å². The van der Waals surface area contributed by atoms with E-state index < -0.39 is 12.1 Å². The van der Waals surface area contributed by atoms with Crippen LogP contribution in [0.4, 0.5) is 19.1 Å². The molecule has 0 spiro atoms. The number of H-pyrrole nitrogens is 1. The molecular formula is C17H14F3N7O2. The third kappa shape index (κ3) is 3.90. The zero-order valence-corrected chi connectivity index (χ0v) is 14.9. The van der Waals surface area contributed by atoms with Crippen molar-refractivity contribution in [2.45, 2.75) is 12.9 Å². The second kappa shape index (κ2) is 7.30. The molecule has 0 saturated carbocycles. The van der Waals surface area contributed by atoms with Crippen molar-refractivity contribution >= 4 is 11.5 Å². The van der Waals surface area contributed by atoms with Crippen LogP contribution >= 0.6 is 0 Å². The summed E-state index contributed by atoms with van der Waals surface area (Å²) in [5, 5.41) is 17.9. The molecule has 2 N–H and O–H groups in total. The molecule has 0 fully saturated rings. The zero-order valence-electron chi connectivity index (χ0n) is 14.9. The lowest BCUT2D eigenvalue weighted by molar-refractivity contribution is -0.274. The van der Waals surface area contributed by atoms with Gasteiger partial charge in [-0.2, -0.15) is 5.10 Å². The molecule has 1 aromatic carbocycles. The van der Waals surface area contributed by atoms with Crippen molar-refractivity contribution < 1.29 is 22.6 Å². The van der Waals surface area contributed by atoms with Crippen molar-refractivity contribution in [2.24, 2.45) is 0 Å². The highest BCUT2D eigenvalue weighted by Crippen LogP contribution is 2.37. The number of alkyl halides is 3. The number of methoxy groups -OCH3 is 1. The summed E-state index contributed by atoms with van der Waals surface area (Å²) in [6, 6.07) is 5.87. The Hall–Kier alpha value is -3.83. The van der Waals surface area contributed by atoms with Crippen LogP contribution < -0.4 is 14.8 Å². The predicted octanol–water partition coefficient (Wildman–Crippen LogP) is 3.03. The van der Waals surface area contributed by atoms with E-state index in [1.165, 1.54) is 31.8 Å². The SMILES string of the molecule is COc1ccc(-c2nnc(NCc3ccn[nH]3)n3cncc23)c(OC(F)(F)F)c1. The number of nitrogens with zero attached hydrogens (tertiary/aromatic N) is 5. The van der Waals surface area contributed by atoms with Gasteiger partial charge in [0.1, 0.15) is 23.5 Å². The summed E-state index contributed by atoms with van der Waals surface area (Å²) in [6.45, 7) is 0.395. The van der Waals surface area contributed by atoms with E-state index in [9.17, 15) is 13.2 Å². The van der Waals surface area contributed by atoms with Crippen LogP contribution in [0, 0.1) is 0 Å². The lowest BCUT2D eigenvalue weighted by Crippen LogP contribution is -2.18. The molecule has 0 atom stereocenters. The van der Waals surface area contributed by atoms with E-state index >= 15 is 0 Å². The smallest absolute Gasteiger partial charge is 0.497 e. The van der Waals surface area contributed by atoms with Gasteiger partial charge in [0.05, 0.1) is 31.1 Å². The first-order chi connectivity index (χ1) is 13.9. The van der Waals surface area contributed by atoms with Gasteiger partial charge in [0.25, 0.3) is 0 Å². The van der Waals surface area contributed by atoms with Crippen molar-refractivity contribution in [3.63, 3.8) is 0 Å². The Labute approximate surface area is 161 Å². The maximum atomic E-state index is 12.9. The lowest BCUT2D eigenvalue weighted by Gasteiger charge is -2.15. The van der Waals surface area contributed by atoms with Crippen molar-refractivity contribution in [1.29, 1.82) is 0 Å². The normalized spacial score (nSPS) is 11.6. The number of aromatic nitrogens is 6. The van der Waals surface area contributed by atoms with E-state index in [0.717, 1.165) is 11.8 Å². The largest absolute Gasteiger partial charge is 0.573 e. The fraction of sp³-hybridized carbons (Fsp3) is 0.176. The van der Waals surface area contributed by atoms with Crippen LogP contribution in [0.3, 0.4) is 0 Å².